The largest absolute Gasteiger partial charge is 0.481 e. The SMILES string of the molecule is O=C(O)C1CCCN(C(c2ccccc2)c2ccsc2)C1. The van der Waals surface area contributed by atoms with Crippen molar-refractivity contribution in [1.82, 2.24) is 4.90 Å². The Balaban J connectivity index is 1.91. The van der Waals surface area contributed by atoms with Gasteiger partial charge in [-0.3, -0.25) is 9.69 Å². The second-order valence-electron chi connectivity index (χ2n) is 5.54. The highest BCUT2D eigenvalue weighted by Crippen LogP contribution is 2.33. The lowest BCUT2D eigenvalue weighted by Gasteiger charge is -2.37. The molecule has 1 aliphatic heterocycles. The summed E-state index contributed by atoms with van der Waals surface area (Å²) in [6.45, 7) is 1.59. The molecule has 2 heterocycles. The van der Waals surface area contributed by atoms with E-state index in [1.165, 1.54) is 11.1 Å². The maximum Gasteiger partial charge on any atom is 0.307 e. The number of rotatable bonds is 4. The fourth-order valence-corrected chi connectivity index (χ4v) is 3.80. The summed E-state index contributed by atoms with van der Waals surface area (Å²) in [5, 5.41) is 13.6. The number of hydrogen-bond acceptors (Lipinski definition) is 3. The van der Waals surface area contributed by atoms with Crippen LogP contribution in [0.15, 0.2) is 47.2 Å². The number of aliphatic carboxylic acids is 1. The van der Waals surface area contributed by atoms with Crippen molar-refractivity contribution in [2.45, 2.75) is 18.9 Å². The minimum Gasteiger partial charge on any atom is -0.481 e. The molecule has 2 atom stereocenters. The van der Waals surface area contributed by atoms with Gasteiger partial charge in [0.15, 0.2) is 0 Å². The Morgan fingerprint density at radius 1 is 1.24 bits per heavy atom. The highest BCUT2D eigenvalue weighted by atomic mass is 32.1. The van der Waals surface area contributed by atoms with Crippen molar-refractivity contribution in [2.24, 2.45) is 5.92 Å². The molecular weight excluding hydrogens is 282 g/mol. The quantitative estimate of drug-likeness (QED) is 0.937. The number of thiophene rings is 1. The molecule has 0 spiro atoms. The Morgan fingerprint density at radius 3 is 2.71 bits per heavy atom. The molecule has 3 nitrogen and oxygen atoms in total. The third-order valence-electron chi connectivity index (χ3n) is 4.14. The summed E-state index contributed by atoms with van der Waals surface area (Å²) in [6, 6.07) is 12.7. The standard InChI is InChI=1S/C17H19NO2S/c19-17(20)14-7-4-9-18(11-14)16(15-8-10-21-12-15)13-5-2-1-3-6-13/h1-3,5-6,8,10,12,14,16H,4,7,9,11H2,(H,19,20). The molecule has 3 rings (SSSR count). The Kier molecular flexibility index (Phi) is 4.36. The van der Waals surface area contributed by atoms with Gasteiger partial charge in [-0.25, -0.2) is 0 Å². The van der Waals surface area contributed by atoms with Gasteiger partial charge in [0.2, 0.25) is 0 Å². The molecule has 2 aromatic rings. The van der Waals surface area contributed by atoms with Gasteiger partial charge in [0, 0.05) is 6.54 Å². The molecule has 1 fully saturated rings. The number of carbonyl (C=O) groups is 1. The summed E-state index contributed by atoms with van der Waals surface area (Å²) in [5.74, 6) is -0.916. The summed E-state index contributed by atoms with van der Waals surface area (Å²) < 4.78 is 0. The predicted octanol–water partition coefficient (Wildman–Crippen LogP) is 3.63. The van der Waals surface area contributed by atoms with Crippen LogP contribution in [0.5, 0.6) is 0 Å². The molecule has 2 unspecified atom stereocenters. The second kappa shape index (κ2) is 6.41. The van der Waals surface area contributed by atoms with E-state index in [2.05, 4.69) is 33.9 Å². The van der Waals surface area contributed by atoms with Crippen molar-refractivity contribution in [3.8, 4) is 0 Å². The average Bonchev–Trinajstić information content (AvgIpc) is 3.03. The van der Waals surface area contributed by atoms with Crippen LogP contribution in [0, 0.1) is 5.92 Å². The van der Waals surface area contributed by atoms with Crippen LogP contribution >= 0.6 is 11.3 Å². The number of benzene rings is 1. The first kappa shape index (κ1) is 14.3. The van der Waals surface area contributed by atoms with E-state index in [1.54, 1.807) is 11.3 Å². The Bertz CT molecular complexity index is 582. The molecular formula is C17H19NO2S. The molecule has 0 amide bonds. The Morgan fingerprint density at radius 2 is 2.05 bits per heavy atom. The highest BCUT2D eigenvalue weighted by molar-refractivity contribution is 7.08. The van der Waals surface area contributed by atoms with Crippen molar-refractivity contribution in [3.63, 3.8) is 0 Å². The van der Waals surface area contributed by atoms with Gasteiger partial charge < -0.3 is 5.11 Å². The third kappa shape index (κ3) is 3.17. The highest BCUT2D eigenvalue weighted by Gasteiger charge is 2.31. The number of carboxylic acid groups (broad SMARTS) is 1. The monoisotopic (exact) mass is 301 g/mol. The first-order valence-electron chi connectivity index (χ1n) is 7.29. The molecule has 0 aliphatic carbocycles. The molecule has 21 heavy (non-hydrogen) atoms. The minimum atomic E-state index is -0.670. The van der Waals surface area contributed by atoms with Gasteiger partial charge in [0.05, 0.1) is 12.0 Å². The molecule has 110 valence electrons. The zero-order chi connectivity index (χ0) is 14.7. The number of carboxylic acids is 1. The normalized spacial score (nSPS) is 21.0. The van der Waals surface area contributed by atoms with Crippen molar-refractivity contribution in [3.05, 3.63) is 58.3 Å². The topological polar surface area (TPSA) is 40.5 Å². The van der Waals surface area contributed by atoms with Crippen LogP contribution in [-0.4, -0.2) is 29.1 Å². The molecule has 1 aromatic heterocycles. The van der Waals surface area contributed by atoms with E-state index in [9.17, 15) is 9.90 Å². The van der Waals surface area contributed by atoms with Crippen molar-refractivity contribution in [1.29, 1.82) is 0 Å². The molecule has 4 heteroatoms. The van der Waals surface area contributed by atoms with Gasteiger partial charge in [-0.2, -0.15) is 11.3 Å². The van der Waals surface area contributed by atoms with Gasteiger partial charge >= 0.3 is 5.97 Å². The molecule has 0 radical (unpaired) electrons. The van der Waals surface area contributed by atoms with Crippen LogP contribution in [0.25, 0.3) is 0 Å². The smallest absolute Gasteiger partial charge is 0.307 e. The van der Waals surface area contributed by atoms with E-state index >= 15 is 0 Å². The van der Waals surface area contributed by atoms with Crippen LogP contribution in [0.4, 0.5) is 0 Å². The van der Waals surface area contributed by atoms with E-state index < -0.39 is 5.97 Å². The second-order valence-corrected chi connectivity index (χ2v) is 6.32. The minimum absolute atomic E-state index is 0.166. The zero-order valence-corrected chi connectivity index (χ0v) is 12.6. The van der Waals surface area contributed by atoms with Gasteiger partial charge in [-0.05, 0) is 47.3 Å². The van der Waals surface area contributed by atoms with E-state index in [-0.39, 0.29) is 12.0 Å². The summed E-state index contributed by atoms with van der Waals surface area (Å²) in [6.07, 6.45) is 1.74. The van der Waals surface area contributed by atoms with Crippen LogP contribution in [0.1, 0.15) is 30.0 Å². The van der Waals surface area contributed by atoms with Gasteiger partial charge in [-0.15, -0.1) is 0 Å². The van der Waals surface area contributed by atoms with Crippen molar-refractivity contribution >= 4 is 17.3 Å². The summed E-state index contributed by atoms with van der Waals surface area (Å²) in [4.78, 5) is 13.6. The molecule has 1 N–H and O–H groups in total. The lowest BCUT2D eigenvalue weighted by Crippen LogP contribution is -2.41. The molecule has 1 aliphatic rings. The lowest BCUT2D eigenvalue weighted by atomic mass is 9.92. The lowest BCUT2D eigenvalue weighted by molar-refractivity contribution is -0.143. The number of hydrogen-bond donors (Lipinski definition) is 1. The number of piperidine rings is 1. The van der Waals surface area contributed by atoms with Gasteiger partial charge in [-0.1, -0.05) is 30.3 Å². The van der Waals surface area contributed by atoms with Gasteiger partial charge in [0.1, 0.15) is 0 Å². The Labute approximate surface area is 128 Å². The maximum atomic E-state index is 11.3. The summed E-state index contributed by atoms with van der Waals surface area (Å²) in [7, 11) is 0. The van der Waals surface area contributed by atoms with E-state index in [4.69, 9.17) is 0 Å². The predicted molar refractivity (Wildman–Crippen MR) is 84.5 cm³/mol. The van der Waals surface area contributed by atoms with Gasteiger partial charge in [0.25, 0.3) is 0 Å². The van der Waals surface area contributed by atoms with Crippen LogP contribution in [-0.2, 0) is 4.79 Å². The van der Waals surface area contributed by atoms with Crippen LogP contribution < -0.4 is 0 Å². The maximum absolute atomic E-state index is 11.3. The molecule has 0 bridgehead atoms. The average molecular weight is 301 g/mol. The van der Waals surface area contributed by atoms with Crippen LogP contribution in [0.3, 0.4) is 0 Å². The van der Waals surface area contributed by atoms with Crippen molar-refractivity contribution < 1.29 is 9.90 Å². The number of likely N-dealkylation sites (tertiary alicyclic amines) is 1. The van der Waals surface area contributed by atoms with E-state index in [0.29, 0.717) is 6.54 Å². The number of nitrogens with zero attached hydrogens (tertiary/aromatic N) is 1. The molecule has 0 saturated carbocycles. The van der Waals surface area contributed by atoms with Crippen LogP contribution in [0.2, 0.25) is 0 Å². The first-order valence-corrected chi connectivity index (χ1v) is 8.24. The zero-order valence-electron chi connectivity index (χ0n) is 11.8. The fourth-order valence-electron chi connectivity index (χ4n) is 3.12. The third-order valence-corrected chi connectivity index (χ3v) is 4.84. The van der Waals surface area contributed by atoms with Crippen molar-refractivity contribution in [2.75, 3.05) is 13.1 Å². The summed E-state index contributed by atoms with van der Waals surface area (Å²) >= 11 is 1.69. The fraction of sp³-hybridized carbons (Fsp3) is 0.353. The first-order chi connectivity index (χ1) is 10.3. The van der Waals surface area contributed by atoms with E-state index in [1.807, 2.05) is 18.2 Å². The van der Waals surface area contributed by atoms with E-state index in [0.717, 1.165) is 19.4 Å². The summed E-state index contributed by atoms with van der Waals surface area (Å²) in [5.41, 5.74) is 2.50. The Hall–Kier alpha value is -1.65. The molecule has 1 aromatic carbocycles. The molecule has 1 saturated heterocycles.